The predicted molar refractivity (Wildman–Crippen MR) is 62.6 cm³/mol. The monoisotopic (exact) mass is 239 g/mol. The maximum Gasteiger partial charge on any atom is 0.141 e. The van der Waals surface area contributed by atoms with E-state index in [0.29, 0.717) is 37.3 Å². The lowest BCUT2D eigenvalue weighted by Crippen LogP contribution is -2.38. The van der Waals surface area contributed by atoms with Crippen LogP contribution in [0.1, 0.15) is 19.3 Å². The van der Waals surface area contributed by atoms with E-state index in [1.807, 2.05) is 0 Å². The Morgan fingerprint density at radius 1 is 1.35 bits per heavy atom. The topological polar surface area (TPSA) is 49.8 Å². The molecule has 4 unspecified atom stereocenters. The molecule has 2 saturated heterocycles. The molecule has 4 atom stereocenters. The van der Waals surface area contributed by atoms with Gasteiger partial charge in [0.05, 0.1) is 25.2 Å². The minimum absolute atomic E-state index is 0.0692. The molecule has 2 aliphatic heterocycles. The van der Waals surface area contributed by atoms with Gasteiger partial charge in [0.25, 0.3) is 0 Å². The molecule has 17 heavy (non-hydrogen) atoms. The van der Waals surface area contributed by atoms with Crippen molar-refractivity contribution in [1.82, 2.24) is 4.90 Å². The molecule has 96 valence electrons. The fraction of sp³-hybridized carbons (Fsp3) is 0.923. The highest BCUT2D eigenvalue weighted by atomic mass is 16.5. The van der Waals surface area contributed by atoms with Crippen molar-refractivity contribution in [3.8, 4) is 0 Å². The van der Waals surface area contributed by atoms with E-state index in [4.69, 9.17) is 4.74 Å². The van der Waals surface area contributed by atoms with Gasteiger partial charge in [-0.2, -0.15) is 0 Å². The minimum atomic E-state index is -0.108. The van der Waals surface area contributed by atoms with Crippen LogP contribution in [0.25, 0.3) is 0 Å². The molecule has 1 N–H and O–H groups in total. The average molecular weight is 239 g/mol. The smallest absolute Gasteiger partial charge is 0.141 e. The van der Waals surface area contributed by atoms with Crippen molar-refractivity contribution in [3.63, 3.8) is 0 Å². The third kappa shape index (κ3) is 2.26. The van der Waals surface area contributed by atoms with Gasteiger partial charge in [-0.05, 0) is 18.8 Å². The Hall–Kier alpha value is -0.450. The average Bonchev–Trinajstić information content (AvgIpc) is 2.85. The Morgan fingerprint density at radius 2 is 2.24 bits per heavy atom. The molecule has 1 aliphatic carbocycles. The molecule has 0 aromatic rings. The summed E-state index contributed by atoms with van der Waals surface area (Å²) in [6.45, 7) is 4.05. The zero-order valence-electron chi connectivity index (χ0n) is 10.2. The van der Waals surface area contributed by atoms with E-state index < -0.39 is 0 Å². The van der Waals surface area contributed by atoms with Crippen molar-refractivity contribution < 1.29 is 14.6 Å². The Labute approximate surface area is 102 Å². The van der Waals surface area contributed by atoms with Crippen molar-refractivity contribution in [3.05, 3.63) is 0 Å². The number of hydrogen-bond acceptors (Lipinski definition) is 4. The zero-order chi connectivity index (χ0) is 11.8. The molecule has 0 radical (unpaired) electrons. The van der Waals surface area contributed by atoms with Crippen molar-refractivity contribution >= 4 is 5.78 Å². The summed E-state index contributed by atoms with van der Waals surface area (Å²) in [7, 11) is 0. The zero-order valence-corrected chi connectivity index (χ0v) is 10.2. The summed E-state index contributed by atoms with van der Waals surface area (Å²) in [5, 5.41) is 9.86. The highest BCUT2D eigenvalue weighted by Gasteiger charge is 2.42. The Bertz CT molecular complexity index is 307. The molecule has 0 aromatic carbocycles. The van der Waals surface area contributed by atoms with Crippen molar-refractivity contribution in [2.24, 2.45) is 17.8 Å². The lowest BCUT2D eigenvalue weighted by Gasteiger charge is -2.26. The van der Waals surface area contributed by atoms with Gasteiger partial charge in [-0.15, -0.1) is 0 Å². The van der Waals surface area contributed by atoms with Crippen molar-refractivity contribution in [1.29, 1.82) is 0 Å². The SMILES string of the molecule is O=C1CCOCC1CN1CC2CCC(O)C2C1. The van der Waals surface area contributed by atoms with Crippen LogP contribution in [-0.4, -0.2) is 54.7 Å². The summed E-state index contributed by atoms with van der Waals surface area (Å²) < 4.78 is 5.38. The molecule has 3 fully saturated rings. The minimum Gasteiger partial charge on any atom is -0.393 e. The van der Waals surface area contributed by atoms with Crippen LogP contribution in [0.3, 0.4) is 0 Å². The molecule has 0 spiro atoms. The van der Waals surface area contributed by atoms with Gasteiger partial charge in [-0.3, -0.25) is 4.79 Å². The first-order valence-corrected chi connectivity index (χ1v) is 6.75. The Kier molecular flexibility index (Phi) is 3.19. The number of Topliss-reactive ketones (excluding diaryl/α,β-unsaturated/α-hetero) is 1. The molecule has 0 amide bonds. The molecule has 0 aromatic heterocycles. The van der Waals surface area contributed by atoms with Crippen molar-refractivity contribution in [2.45, 2.75) is 25.4 Å². The van der Waals surface area contributed by atoms with E-state index in [0.717, 1.165) is 32.5 Å². The first-order valence-electron chi connectivity index (χ1n) is 6.75. The molecular weight excluding hydrogens is 218 g/mol. The highest BCUT2D eigenvalue weighted by Crippen LogP contribution is 2.38. The normalized spacial score (nSPS) is 43.0. The Balaban J connectivity index is 1.55. The molecule has 3 rings (SSSR count). The van der Waals surface area contributed by atoms with Crippen LogP contribution in [0, 0.1) is 17.8 Å². The number of carbonyl (C=O) groups excluding carboxylic acids is 1. The van der Waals surface area contributed by atoms with Gasteiger partial charge in [0.1, 0.15) is 5.78 Å². The molecule has 1 saturated carbocycles. The maximum atomic E-state index is 11.7. The first kappa shape index (κ1) is 11.6. The number of aliphatic hydroxyl groups excluding tert-OH is 1. The number of ether oxygens (including phenoxy) is 1. The van der Waals surface area contributed by atoms with Gasteiger partial charge in [0.2, 0.25) is 0 Å². The largest absolute Gasteiger partial charge is 0.393 e. The van der Waals surface area contributed by atoms with E-state index in [-0.39, 0.29) is 12.0 Å². The summed E-state index contributed by atoms with van der Waals surface area (Å²) in [5.41, 5.74) is 0. The number of ketones is 1. The van der Waals surface area contributed by atoms with Gasteiger partial charge in [0, 0.05) is 32.0 Å². The summed E-state index contributed by atoms with van der Waals surface area (Å²) in [4.78, 5) is 14.1. The standard InChI is InChI=1S/C13H21NO3/c15-12-3-4-17-8-10(12)6-14-5-9-1-2-13(16)11(9)7-14/h9-11,13,16H,1-8H2. The summed E-state index contributed by atoms with van der Waals surface area (Å²) in [5.74, 6) is 1.53. The van der Waals surface area contributed by atoms with Crippen LogP contribution in [0.15, 0.2) is 0 Å². The highest BCUT2D eigenvalue weighted by molar-refractivity contribution is 5.82. The number of carbonyl (C=O) groups is 1. The lowest BCUT2D eigenvalue weighted by atomic mass is 9.99. The van der Waals surface area contributed by atoms with E-state index in [1.54, 1.807) is 0 Å². The fourth-order valence-electron chi connectivity index (χ4n) is 3.64. The van der Waals surface area contributed by atoms with Crippen LogP contribution in [0.2, 0.25) is 0 Å². The van der Waals surface area contributed by atoms with Crippen LogP contribution in [-0.2, 0) is 9.53 Å². The van der Waals surface area contributed by atoms with E-state index >= 15 is 0 Å². The van der Waals surface area contributed by atoms with Crippen LogP contribution < -0.4 is 0 Å². The molecule has 0 bridgehead atoms. The van der Waals surface area contributed by atoms with Gasteiger partial charge in [-0.25, -0.2) is 0 Å². The van der Waals surface area contributed by atoms with E-state index in [2.05, 4.69) is 4.90 Å². The summed E-state index contributed by atoms with van der Waals surface area (Å²) in [6.07, 6.45) is 2.59. The van der Waals surface area contributed by atoms with Gasteiger partial charge >= 0.3 is 0 Å². The molecule has 4 nitrogen and oxygen atoms in total. The van der Waals surface area contributed by atoms with Gasteiger partial charge < -0.3 is 14.7 Å². The van der Waals surface area contributed by atoms with Gasteiger partial charge in [-0.1, -0.05) is 0 Å². The molecule has 4 heteroatoms. The molecular formula is C13H21NO3. The number of nitrogens with zero attached hydrogens (tertiary/aromatic N) is 1. The molecule has 2 heterocycles. The first-order chi connectivity index (χ1) is 8.24. The number of fused-ring (bicyclic) bond motifs is 1. The van der Waals surface area contributed by atoms with Crippen molar-refractivity contribution in [2.75, 3.05) is 32.8 Å². The molecule has 3 aliphatic rings. The van der Waals surface area contributed by atoms with E-state index in [1.165, 1.54) is 0 Å². The summed E-state index contributed by atoms with van der Waals surface area (Å²) in [6, 6.07) is 0. The number of hydrogen-bond donors (Lipinski definition) is 1. The van der Waals surface area contributed by atoms with Crippen LogP contribution >= 0.6 is 0 Å². The van der Waals surface area contributed by atoms with E-state index in [9.17, 15) is 9.90 Å². The lowest BCUT2D eigenvalue weighted by molar-refractivity contribution is -0.131. The number of likely N-dealkylation sites (tertiary alicyclic amines) is 1. The predicted octanol–water partition coefficient (Wildman–Crippen LogP) is 0.295. The quantitative estimate of drug-likeness (QED) is 0.753. The van der Waals surface area contributed by atoms with Crippen LogP contribution in [0.5, 0.6) is 0 Å². The van der Waals surface area contributed by atoms with Crippen LogP contribution in [0.4, 0.5) is 0 Å². The third-order valence-electron chi connectivity index (χ3n) is 4.64. The second kappa shape index (κ2) is 4.67. The third-order valence-corrected chi connectivity index (χ3v) is 4.64. The van der Waals surface area contributed by atoms with Gasteiger partial charge in [0.15, 0.2) is 0 Å². The second-order valence-corrected chi connectivity index (χ2v) is 5.78. The number of rotatable bonds is 2. The number of aliphatic hydroxyl groups is 1. The Morgan fingerprint density at radius 3 is 3.00 bits per heavy atom. The maximum absolute atomic E-state index is 11.7. The second-order valence-electron chi connectivity index (χ2n) is 5.78. The summed E-state index contributed by atoms with van der Waals surface area (Å²) >= 11 is 0. The fourth-order valence-corrected chi connectivity index (χ4v) is 3.64.